The lowest BCUT2D eigenvalue weighted by molar-refractivity contribution is -0.250. The van der Waals surface area contributed by atoms with Gasteiger partial charge in [-0.25, -0.2) is 0 Å². The predicted molar refractivity (Wildman–Crippen MR) is 207 cm³/mol. The van der Waals surface area contributed by atoms with E-state index in [9.17, 15) is 14.7 Å². The number of likely N-dealkylation sites (tertiary alicyclic amines) is 1. The molecule has 0 radical (unpaired) electrons. The van der Waals surface area contributed by atoms with Crippen LogP contribution in [0.15, 0.2) is 12.2 Å². The maximum Gasteiger partial charge on any atom is 0.306 e. The Bertz CT molecular complexity index is 1300. The van der Waals surface area contributed by atoms with Crippen LogP contribution in [0.2, 0.25) is 0 Å². The number of esters is 1. The van der Waals surface area contributed by atoms with E-state index < -0.39 is 11.4 Å². The third-order valence-electron chi connectivity index (χ3n) is 17.5. The Morgan fingerprint density at radius 1 is 0.863 bits per heavy atom. The van der Waals surface area contributed by atoms with E-state index in [4.69, 9.17) is 4.74 Å². The Balaban J connectivity index is 1.15. The zero-order valence-electron chi connectivity index (χ0n) is 34.1. The van der Waals surface area contributed by atoms with E-state index in [2.05, 4.69) is 58.3 Å². The molecular weight excluding hydrogens is 633 g/mol. The maximum atomic E-state index is 13.2. The average molecular weight is 709 g/mol. The number of aliphatic carboxylic acids is 1. The van der Waals surface area contributed by atoms with Crippen LogP contribution >= 0.6 is 0 Å². The lowest BCUT2D eigenvalue weighted by Gasteiger charge is -2.73. The number of carboxylic acid groups (broad SMARTS) is 1. The zero-order valence-corrected chi connectivity index (χ0v) is 34.1. The van der Waals surface area contributed by atoms with Crippen LogP contribution < -0.4 is 5.32 Å². The van der Waals surface area contributed by atoms with E-state index in [0.29, 0.717) is 34.0 Å². The van der Waals surface area contributed by atoms with Crippen molar-refractivity contribution < 1.29 is 19.4 Å². The summed E-state index contributed by atoms with van der Waals surface area (Å²) >= 11 is 0. The molecule has 0 bridgehead atoms. The molecule has 290 valence electrons. The van der Waals surface area contributed by atoms with Crippen molar-refractivity contribution in [1.82, 2.24) is 10.2 Å². The highest BCUT2D eigenvalue weighted by Crippen LogP contribution is 2.78. The van der Waals surface area contributed by atoms with Crippen molar-refractivity contribution in [2.24, 2.45) is 62.1 Å². The van der Waals surface area contributed by atoms with Crippen LogP contribution in [0.3, 0.4) is 0 Å². The first kappa shape index (κ1) is 39.3. The predicted octanol–water partition coefficient (Wildman–Crippen LogP) is 9.91. The molecule has 6 fully saturated rings. The molecule has 5 saturated carbocycles. The Morgan fingerprint density at radius 3 is 2.27 bits per heavy atom. The zero-order chi connectivity index (χ0) is 37.0. The van der Waals surface area contributed by atoms with Gasteiger partial charge in [0.25, 0.3) is 0 Å². The van der Waals surface area contributed by atoms with Gasteiger partial charge in [0.15, 0.2) is 0 Å². The molecule has 0 aromatic heterocycles. The quantitative estimate of drug-likeness (QED) is 0.113. The second-order valence-electron chi connectivity index (χ2n) is 21.2. The van der Waals surface area contributed by atoms with E-state index in [-0.39, 0.29) is 35.7 Å². The molecule has 6 rings (SSSR count). The van der Waals surface area contributed by atoms with Crippen molar-refractivity contribution in [3.05, 3.63) is 12.2 Å². The van der Waals surface area contributed by atoms with Gasteiger partial charge in [-0.05, 0) is 186 Å². The van der Waals surface area contributed by atoms with Crippen molar-refractivity contribution in [3.63, 3.8) is 0 Å². The number of allylic oxidation sites excluding steroid dienone is 1. The first-order chi connectivity index (χ1) is 23.9. The van der Waals surface area contributed by atoms with Crippen LogP contribution in [0.5, 0.6) is 0 Å². The van der Waals surface area contributed by atoms with Crippen molar-refractivity contribution in [1.29, 1.82) is 0 Å². The average Bonchev–Trinajstić information content (AvgIpc) is 3.68. The number of rotatable bonds is 13. The highest BCUT2D eigenvalue weighted by molar-refractivity contribution is 5.73. The molecule has 6 nitrogen and oxygen atoms in total. The molecule has 5 aliphatic carbocycles. The Labute approximate surface area is 312 Å². The second-order valence-corrected chi connectivity index (χ2v) is 21.2. The van der Waals surface area contributed by atoms with E-state index in [1.54, 1.807) is 0 Å². The van der Waals surface area contributed by atoms with Crippen LogP contribution in [0.4, 0.5) is 0 Å². The minimum absolute atomic E-state index is 0.0260. The van der Waals surface area contributed by atoms with E-state index in [1.165, 1.54) is 109 Å². The lowest BCUT2D eigenvalue weighted by Crippen LogP contribution is -2.66. The fourth-order valence-corrected chi connectivity index (χ4v) is 14.9. The number of carbonyl (C=O) groups is 2. The number of hydrogen-bond acceptors (Lipinski definition) is 5. The Morgan fingerprint density at radius 2 is 1.59 bits per heavy atom. The van der Waals surface area contributed by atoms with Crippen LogP contribution in [0, 0.1) is 62.1 Å². The van der Waals surface area contributed by atoms with Gasteiger partial charge in [-0.3, -0.25) is 9.59 Å². The number of nitrogens with one attached hydrogen (secondary N) is 1. The minimum Gasteiger partial charge on any atom is -0.481 e. The molecular formula is C45H76N2O4. The molecule has 1 aliphatic heterocycles. The molecule has 1 heterocycles. The molecule has 10 atom stereocenters. The molecule has 2 N–H and O–H groups in total. The smallest absolute Gasteiger partial charge is 0.306 e. The Hall–Kier alpha value is -1.40. The van der Waals surface area contributed by atoms with Crippen LogP contribution in [0.25, 0.3) is 0 Å². The van der Waals surface area contributed by atoms with Gasteiger partial charge in [-0.15, -0.1) is 0 Å². The summed E-state index contributed by atoms with van der Waals surface area (Å²) < 4.78 is 6.31. The molecule has 0 spiro atoms. The first-order valence-electron chi connectivity index (χ1n) is 21.4. The summed E-state index contributed by atoms with van der Waals surface area (Å²) in [6.07, 6.45) is 18.1. The van der Waals surface area contributed by atoms with E-state index in [0.717, 1.165) is 31.2 Å². The lowest BCUT2D eigenvalue weighted by atomic mass is 9.32. The monoisotopic (exact) mass is 709 g/mol. The maximum absolute atomic E-state index is 13.2. The normalized spacial score (nSPS) is 42.0. The van der Waals surface area contributed by atoms with Gasteiger partial charge in [0.2, 0.25) is 0 Å². The second kappa shape index (κ2) is 14.3. The standard InChI is InChI=1S/C45H76N2O4/c1-31(2)32-15-20-45(23-25-46-24-12-28-47-26-10-11-27-47)22-21-43(8)33(39(32)45)13-14-35-42(7)18-17-36(41(5,6)34(42)16-19-44(35,43)9)51-38(50)30-40(3,4)29-37(48)49/h32-36,39,46H,1,10-30H2,2-9H3,(H,48,49)/t32?,33-,34?,35?,36?,39?,42+,43-,44-,45-/m1/s1. The minimum atomic E-state index is -0.863. The van der Waals surface area contributed by atoms with Gasteiger partial charge in [0.05, 0.1) is 12.8 Å². The topological polar surface area (TPSA) is 78.9 Å². The van der Waals surface area contributed by atoms with Gasteiger partial charge in [0, 0.05) is 5.41 Å². The fourth-order valence-electron chi connectivity index (χ4n) is 14.9. The fraction of sp³-hybridized carbons (Fsp3) is 0.911. The molecule has 51 heavy (non-hydrogen) atoms. The molecule has 6 aliphatic rings. The third kappa shape index (κ3) is 7.02. The summed E-state index contributed by atoms with van der Waals surface area (Å²) in [5, 5.41) is 13.3. The molecule has 0 amide bonds. The Kier molecular flexibility index (Phi) is 11.1. The number of carboxylic acids is 1. The van der Waals surface area contributed by atoms with Crippen molar-refractivity contribution >= 4 is 11.9 Å². The van der Waals surface area contributed by atoms with E-state index >= 15 is 0 Å². The van der Waals surface area contributed by atoms with Gasteiger partial charge >= 0.3 is 11.9 Å². The summed E-state index contributed by atoms with van der Waals surface area (Å²) in [6.45, 7) is 29.7. The largest absolute Gasteiger partial charge is 0.481 e. The number of nitrogens with zero attached hydrogens (tertiary/aromatic N) is 1. The number of carbonyl (C=O) groups excluding carboxylic acids is 1. The number of ether oxygens (including phenoxy) is 1. The first-order valence-corrected chi connectivity index (χ1v) is 21.4. The molecule has 0 aromatic carbocycles. The molecule has 0 aromatic rings. The molecule has 6 heteroatoms. The van der Waals surface area contributed by atoms with Gasteiger partial charge < -0.3 is 20.1 Å². The highest BCUT2D eigenvalue weighted by atomic mass is 16.5. The highest BCUT2D eigenvalue weighted by Gasteiger charge is 2.71. The van der Waals surface area contributed by atoms with Crippen molar-refractivity contribution in [3.8, 4) is 0 Å². The summed E-state index contributed by atoms with van der Waals surface area (Å²) in [5.41, 5.74) is 2.05. The summed E-state index contributed by atoms with van der Waals surface area (Å²) in [4.78, 5) is 27.3. The van der Waals surface area contributed by atoms with Crippen LogP contribution in [-0.4, -0.2) is 60.8 Å². The van der Waals surface area contributed by atoms with Crippen molar-refractivity contribution in [2.45, 2.75) is 164 Å². The third-order valence-corrected chi connectivity index (χ3v) is 17.5. The number of hydrogen-bond donors (Lipinski definition) is 2. The van der Waals surface area contributed by atoms with Crippen LogP contribution in [-0.2, 0) is 14.3 Å². The van der Waals surface area contributed by atoms with Crippen molar-refractivity contribution in [2.75, 3.05) is 32.7 Å². The molecule has 5 unspecified atom stereocenters. The summed E-state index contributed by atoms with van der Waals surface area (Å²) in [6, 6.07) is 0. The molecule has 1 saturated heterocycles. The number of fused-ring (bicyclic) bond motifs is 7. The van der Waals surface area contributed by atoms with Gasteiger partial charge in [-0.2, -0.15) is 0 Å². The SMILES string of the molecule is C=C(C)C1CC[C@]2(CCNCCCN3CCCC3)CC[C@]3(C)[C@H](CCC4[C@@]5(C)CCC(OC(=O)CC(C)(C)CC(=O)O)C(C)(C)C5CC[C@]43C)C12. The summed E-state index contributed by atoms with van der Waals surface area (Å²) in [7, 11) is 0. The van der Waals surface area contributed by atoms with Gasteiger partial charge in [-0.1, -0.05) is 60.6 Å². The summed E-state index contributed by atoms with van der Waals surface area (Å²) in [5.74, 6) is 2.30. The van der Waals surface area contributed by atoms with E-state index in [1.807, 2.05) is 13.8 Å². The van der Waals surface area contributed by atoms with Crippen LogP contribution in [0.1, 0.15) is 158 Å². The van der Waals surface area contributed by atoms with Gasteiger partial charge in [0.1, 0.15) is 6.10 Å².